The van der Waals surface area contributed by atoms with Crippen LogP contribution < -0.4 is 0 Å². The van der Waals surface area contributed by atoms with E-state index in [9.17, 15) is 4.79 Å². The molecule has 3 fully saturated rings. The molecule has 0 saturated carbocycles. The fourth-order valence-electron chi connectivity index (χ4n) is 4.08. The van der Waals surface area contributed by atoms with Crippen LogP contribution in [0.4, 0.5) is 0 Å². The summed E-state index contributed by atoms with van der Waals surface area (Å²) in [6.07, 6.45) is 3.33. The van der Waals surface area contributed by atoms with Crippen molar-refractivity contribution < 1.29 is 38.0 Å². The molecule has 156 valence electrons. The van der Waals surface area contributed by atoms with Gasteiger partial charge in [-0.05, 0) is 40.2 Å². The number of allylic oxidation sites excluding steroid dienone is 2. The number of esters is 1. The summed E-state index contributed by atoms with van der Waals surface area (Å²) >= 11 is 0. The summed E-state index contributed by atoms with van der Waals surface area (Å²) in [5, 5.41) is 0. The van der Waals surface area contributed by atoms with E-state index in [0.717, 1.165) is 0 Å². The van der Waals surface area contributed by atoms with Crippen molar-refractivity contribution in [3.8, 4) is 0 Å². The Hall–Kier alpha value is -1.29. The highest BCUT2D eigenvalue weighted by Crippen LogP contribution is 2.43. The summed E-state index contributed by atoms with van der Waals surface area (Å²) < 4.78 is 41.1. The van der Waals surface area contributed by atoms with Gasteiger partial charge in [0.25, 0.3) is 0 Å². The molecule has 0 aromatic carbocycles. The molecule has 4 aliphatic rings. The molecule has 0 bridgehead atoms. The van der Waals surface area contributed by atoms with Crippen molar-refractivity contribution in [2.75, 3.05) is 13.7 Å². The van der Waals surface area contributed by atoms with E-state index in [0.29, 0.717) is 18.6 Å². The Bertz CT molecular complexity index is 682. The van der Waals surface area contributed by atoms with Gasteiger partial charge in [0.05, 0.1) is 25.4 Å². The molecule has 0 aromatic rings. The van der Waals surface area contributed by atoms with Crippen molar-refractivity contribution in [1.29, 1.82) is 0 Å². The predicted octanol–water partition coefficient (Wildman–Crippen LogP) is 1.83. The third kappa shape index (κ3) is 3.77. The van der Waals surface area contributed by atoms with Gasteiger partial charge in [-0.2, -0.15) is 0 Å². The van der Waals surface area contributed by atoms with Crippen molar-refractivity contribution in [3.05, 3.63) is 23.8 Å². The molecule has 3 saturated heterocycles. The summed E-state index contributed by atoms with van der Waals surface area (Å²) in [5.41, 5.74) is 0.467. The zero-order chi connectivity index (χ0) is 20.1. The van der Waals surface area contributed by atoms with E-state index >= 15 is 0 Å². The van der Waals surface area contributed by atoms with E-state index in [1.54, 1.807) is 6.08 Å². The van der Waals surface area contributed by atoms with Gasteiger partial charge >= 0.3 is 5.97 Å². The van der Waals surface area contributed by atoms with E-state index in [2.05, 4.69) is 0 Å². The lowest BCUT2D eigenvalue weighted by Crippen LogP contribution is -2.46. The topological polar surface area (TPSA) is 81.7 Å². The first-order valence-corrected chi connectivity index (χ1v) is 9.62. The fourth-order valence-corrected chi connectivity index (χ4v) is 4.08. The monoisotopic (exact) mass is 396 g/mol. The Balaban J connectivity index is 1.56. The molecule has 0 amide bonds. The molecule has 0 spiro atoms. The van der Waals surface area contributed by atoms with Crippen LogP contribution in [0, 0.1) is 0 Å². The highest BCUT2D eigenvalue weighted by molar-refractivity contribution is 5.90. The highest BCUT2D eigenvalue weighted by Gasteiger charge is 2.59. The summed E-state index contributed by atoms with van der Waals surface area (Å²) in [5.74, 6) is -1.88. The van der Waals surface area contributed by atoms with E-state index < -0.39 is 48.2 Å². The minimum atomic E-state index is -0.776. The lowest BCUT2D eigenvalue weighted by atomic mass is 9.99. The maximum atomic E-state index is 12.2. The van der Waals surface area contributed by atoms with Gasteiger partial charge in [0.2, 0.25) is 0 Å². The molecule has 8 nitrogen and oxygen atoms in total. The van der Waals surface area contributed by atoms with Crippen molar-refractivity contribution in [3.63, 3.8) is 0 Å². The minimum absolute atomic E-state index is 0.328. The van der Waals surface area contributed by atoms with Gasteiger partial charge in [0, 0.05) is 0 Å². The standard InChI is InChI=1S/C20H28O8/c1-19(2)23-10-13(26-19)14-15(16-18(25-14)28-20(3,4)27-16)24-12-9-7-6-8-11(12)17(21)22-5/h6-8,12-16,18H,9-10H2,1-5H3/t12-,13+,14-,15+,16-,18-/m1/s1. The van der Waals surface area contributed by atoms with Crippen LogP contribution in [0.5, 0.6) is 0 Å². The second-order valence-electron chi connectivity index (χ2n) is 8.30. The van der Waals surface area contributed by atoms with Gasteiger partial charge in [-0.25, -0.2) is 4.79 Å². The number of carbonyl (C=O) groups excluding carboxylic acids is 1. The zero-order valence-corrected chi connectivity index (χ0v) is 16.9. The molecule has 1 aliphatic carbocycles. The van der Waals surface area contributed by atoms with Crippen LogP contribution in [0.3, 0.4) is 0 Å². The molecule has 3 heterocycles. The normalized spacial score (nSPS) is 41.0. The molecule has 0 N–H and O–H groups in total. The van der Waals surface area contributed by atoms with Gasteiger partial charge in [-0.3, -0.25) is 0 Å². The van der Waals surface area contributed by atoms with Crippen LogP contribution in [0.2, 0.25) is 0 Å². The van der Waals surface area contributed by atoms with Crippen LogP contribution in [-0.4, -0.2) is 68.1 Å². The molecule has 28 heavy (non-hydrogen) atoms. The predicted molar refractivity (Wildman–Crippen MR) is 96.1 cm³/mol. The Morgan fingerprint density at radius 1 is 1.11 bits per heavy atom. The van der Waals surface area contributed by atoms with E-state index in [1.165, 1.54) is 7.11 Å². The fraction of sp³-hybridized carbons (Fsp3) is 0.750. The van der Waals surface area contributed by atoms with Gasteiger partial charge in [0.1, 0.15) is 24.4 Å². The van der Waals surface area contributed by atoms with Gasteiger partial charge < -0.3 is 33.2 Å². The number of methoxy groups -OCH3 is 1. The zero-order valence-electron chi connectivity index (χ0n) is 16.9. The number of fused-ring (bicyclic) bond motifs is 1. The molecule has 6 atom stereocenters. The molecule has 3 aliphatic heterocycles. The first-order valence-electron chi connectivity index (χ1n) is 9.62. The van der Waals surface area contributed by atoms with Gasteiger partial charge in [-0.15, -0.1) is 0 Å². The molecule has 0 radical (unpaired) electrons. The number of ether oxygens (including phenoxy) is 7. The van der Waals surface area contributed by atoms with Crippen molar-refractivity contribution in [1.82, 2.24) is 0 Å². The van der Waals surface area contributed by atoms with E-state index in [1.807, 2.05) is 39.8 Å². The summed E-state index contributed by atoms with van der Waals surface area (Å²) in [7, 11) is 1.36. The minimum Gasteiger partial charge on any atom is -0.466 e. The van der Waals surface area contributed by atoms with Crippen LogP contribution in [0.25, 0.3) is 0 Å². The van der Waals surface area contributed by atoms with Crippen molar-refractivity contribution in [2.45, 2.75) is 82.5 Å². The summed E-state index contributed by atoms with van der Waals surface area (Å²) in [6.45, 7) is 7.77. The lowest BCUT2D eigenvalue weighted by molar-refractivity contribution is -0.238. The Kier molecular flexibility index (Phi) is 5.14. The van der Waals surface area contributed by atoms with Crippen molar-refractivity contribution >= 4 is 5.97 Å². The third-order valence-electron chi connectivity index (χ3n) is 5.28. The summed E-state index contributed by atoms with van der Waals surface area (Å²) in [4.78, 5) is 12.2. The average molecular weight is 396 g/mol. The first-order chi connectivity index (χ1) is 13.2. The first kappa shape index (κ1) is 20.0. The summed E-state index contributed by atoms with van der Waals surface area (Å²) in [6, 6.07) is 0. The molecular weight excluding hydrogens is 368 g/mol. The molecule has 0 aromatic heterocycles. The van der Waals surface area contributed by atoms with E-state index in [-0.39, 0.29) is 6.10 Å². The van der Waals surface area contributed by atoms with Crippen LogP contribution in [0.15, 0.2) is 23.8 Å². The average Bonchev–Trinajstić information content (AvgIpc) is 3.25. The Morgan fingerprint density at radius 2 is 1.89 bits per heavy atom. The second-order valence-corrected chi connectivity index (χ2v) is 8.30. The van der Waals surface area contributed by atoms with E-state index in [4.69, 9.17) is 33.2 Å². The third-order valence-corrected chi connectivity index (χ3v) is 5.28. The molecule has 8 heteroatoms. The second kappa shape index (κ2) is 7.19. The SMILES string of the molecule is COC(=O)C1=CC=CC[C@H]1O[C@@H]1[C@H]2OC(C)(C)O[C@H]2O[C@@H]1[C@@H]1COC(C)(C)O1. The maximum Gasteiger partial charge on any atom is 0.336 e. The van der Waals surface area contributed by atoms with Crippen LogP contribution >= 0.6 is 0 Å². The van der Waals surface area contributed by atoms with Crippen LogP contribution in [-0.2, 0) is 38.0 Å². The Labute approximate surface area is 164 Å². The number of rotatable bonds is 4. The lowest BCUT2D eigenvalue weighted by Gasteiger charge is -2.32. The quantitative estimate of drug-likeness (QED) is 0.666. The van der Waals surface area contributed by atoms with Gasteiger partial charge in [-0.1, -0.05) is 12.2 Å². The van der Waals surface area contributed by atoms with Crippen LogP contribution in [0.1, 0.15) is 34.1 Å². The molecular formula is C20H28O8. The maximum absolute atomic E-state index is 12.2. The largest absolute Gasteiger partial charge is 0.466 e. The molecule has 0 unspecified atom stereocenters. The van der Waals surface area contributed by atoms with Crippen molar-refractivity contribution in [2.24, 2.45) is 0 Å². The van der Waals surface area contributed by atoms with Gasteiger partial charge in [0.15, 0.2) is 17.9 Å². The number of hydrogen-bond donors (Lipinski definition) is 0. The Morgan fingerprint density at radius 3 is 2.57 bits per heavy atom. The smallest absolute Gasteiger partial charge is 0.336 e. The number of carbonyl (C=O) groups is 1. The molecule has 4 rings (SSSR count). The number of hydrogen-bond acceptors (Lipinski definition) is 8. The highest BCUT2D eigenvalue weighted by atomic mass is 16.8.